The highest BCUT2D eigenvalue weighted by atomic mass is 32.2. The number of fused-ring (bicyclic) bond motifs is 1. The minimum Gasteiger partial charge on any atom is -0.391 e. The van der Waals surface area contributed by atoms with E-state index in [0.29, 0.717) is 69.0 Å². The number of amides is 13. The smallest absolute Gasteiger partial charge is 0.345 e. The summed E-state index contributed by atoms with van der Waals surface area (Å²) in [6.45, 7) is 4.16. The molecular formula is C77H112N22O15S. The summed E-state index contributed by atoms with van der Waals surface area (Å²) in [6.07, 6.45) is 1.03. The Morgan fingerprint density at radius 1 is 0.643 bits per heavy atom. The van der Waals surface area contributed by atoms with Gasteiger partial charge in [0.05, 0.1) is 40.7 Å². The standard InChI is InChI=1S/C77H112N22O15S/c1-44(2)41-59-73(110)90-54(25-32-79)68(105)89-57(28-35-82)72(109)96-64(45(3)100)75(112)86-37-29-58(71(108)88-55(26-33-80)70(107)94-60(74(111)93-59)42-47-15-7-6-8-16-47)91-69(106)56(27-34-81)92-76(113)65(46(4)101)95-63(102)30-39-98(40-38-87-67(104)52(83)19-11-13-31-78)77(114)99-61-43-49(115-62-20-10-9-18-51(62)66(103)84-5)22-23-50(61)53(97-99)24-21-48-17-12-14-36-85-48/h6-10,12,14-18,20-24,36,43-46,52,54-60,64-65,100-101H,11,13,19,25-35,37-42,78-83H2,1-5H3,(H,84,103)(H,86,112)(H,87,104)(H,88,108)(H,89,105)(H,90,110)(H,91,106)(H,92,113)(H,93,111)(H,94,107)(H,95,102)(H,96,109)/b24-21+/t45-,46-,52+,54+,55+,56+,57+,58+,59+,60-,64+,65+/m1/s1. The molecule has 0 aliphatic carbocycles. The zero-order valence-electron chi connectivity index (χ0n) is 65.4. The molecule has 1 fully saturated rings. The first-order valence-electron chi connectivity index (χ1n) is 38.4. The number of aliphatic hydroxyl groups is 2. The second-order valence-corrected chi connectivity index (χ2v) is 29.2. The second-order valence-electron chi connectivity index (χ2n) is 28.1. The van der Waals surface area contributed by atoms with Crippen LogP contribution in [0.15, 0.2) is 107 Å². The molecule has 37 nitrogen and oxygen atoms in total. The monoisotopic (exact) mass is 1620 g/mol. The van der Waals surface area contributed by atoms with Crippen molar-refractivity contribution in [3.05, 3.63) is 120 Å². The van der Waals surface area contributed by atoms with Crippen molar-refractivity contribution in [3.63, 3.8) is 0 Å². The van der Waals surface area contributed by atoms with E-state index in [-0.39, 0.29) is 89.6 Å². The Morgan fingerprint density at radius 3 is 1.86 bits per heavy atom. The van der Waals surface area contributed by atoms with E-state index >= 15 is 4.79 Å². The average molecular weight is 1620 g/mol. The minimum atomic E-state index is -1.82. The lowest BCUT2D eigenvalue weighted by atomic mass is 10.00. The molecule has 12 atom stereocenters. The van der Waals surface area contributed by atoms with Gasteiger partial charge in [0, 0.05) is 67.4 Å². The fourth-order valence-electron chi connectivity index (χ4n) is 12.3. The molecule has 0 saturated carbocycles. The number of nitrogens with zero attached hydrogens (tertiary/aromatic N) is 4. The first-order chi connectivity index (χ1) is 55.0. The molecule has 0 spiro atoms. The SMILES string of the molecule is CNC(=O)c1ccccc1Sc1ccc2c(/C=C/c3ccccn3)nn(C(=O)N(CCNC(=O)[C@@H](N)CCCCN)CCC(=O)N[C@H](C(=O)N[C@@H](CCN)C(=O)N[C@H]3CCNC(=O)[C@H]([C@@H](C)O)NC(=O)[C@H](CCN)NC(=O)[C@H](CCN)NC(=O)[C@H](CC(C)C)NC(=O)[C@@H](Cc4ccccc4)NC(=O)[C@H](CCN)NC3=O)[C@@H](C)O)c2c1. The van der Waals surface area contributed by atoms with E-state index in [4.69, 9.17) is 39.5 Å². The Hall–Kier alpha value is -10.8. The Morgan fingerprint density at radius 2 is 1.25 bits per heavy atom. The highest BCUT2D eigenvalue weighted by molar-refractivity contribution is 7.99. The van der Waals surface area contributed by atoms with Crippen molar-refractivity contribution in [2.45, 2.75) is 181 Å². The fraction of sp³-hybridized carbons (Fsp3) is 0.494. The van der Waals surface area contributed by atoms with Crippen LogP contribution < -0.4 is 98.2 Å². The number of benzene rings is 3. The molecule has 1 aliphatic rings. The molecule has 1 saturated heterocycles. The third-order valence-electron chi connectivity index (χ3n) is 18.5. The normalized spacial score (nSPS) is 19.7. The van der Waals surface area contributed by atoms with Crippen LogP contribution in [0.2, 0.25) is 0 Å². The quantitative estimate of drug-likeness (QED) is 0.0176. The van der Waals surface area contributed by atoms with Gasteiger partial charge in [-0.15, -0.1) is 0 Å². The van der Waals surface area contributed by atoms with Gasteiger partial charge in [-0.25, -0.2) is 4.79 Å². The van der Waals surface area contributed by atoms with E-state index < -0.39 is 170 Å². The lowest BCUT2D eigenvalue weighted by Crippen LogP contribution is -2.61. The Kier molecular flexibility index (Phi) is 38.6. The molecule has 38 heteroatoms. The third kappa shape index (κ3) is 29.2. The van der Waals surface area contributed by atoms with Crippen LogP contribution in [-0.2, 0) is 59.2 Å². The van der Waals surface area contributed by atoms with Crippen LogP contribution in [0.25, 0.3) is 23.1 Å². The van der Waals surface area contributed by atoms with Gasteiger partial charge in [0.25, 0.3) is 5.91 Å². The number of carbonyl (C=O) groups is 13. The van der Waals surface area contributed by atoms with E-state index in [1.54, 1.807) is 123 Å². The molecule has 13 amide bonds. The molecule has 3 aromatic carbocycles. The summed E-state index contributed by atoms with van der Waals surface area (Å²) >= 11 is 1.26. The van der Waals surface area contributed by atoms with Crippen LogP contribution in [-0.4, -0.2) is 245 Å². The number of rotatable bonds is 35. The molecule has 5 aromatic rings. The van der Waals surface area contributed by atoms with Gasteiger partial charge in [0.15, 0.2) is 0 Å². The molecule has 115 heavy (non-hydrogen) atoms. The summed E-state index contributed by atoms with van der Waals surface area (Å²) in [7, 11) is 1.51. The van der Waals surface area contributed by atoms with Crippen molar-refractivity contribution in [1.82, 2.24) is 83.5 Å². The number of nitrogens with two attached hydrogens (primary N) is 6. The maximum absolute atomic E-state index is 15.2. The van der Waals surface area contributed by atoms with Crippen LogP contribution in [0, 0.1) is 5.92 Å². The van der Waals surface area contributed by atoms with Gasteiger partial charge in [-0.05, 0) is 164 Å². The number of aromatic nitrogens is 3. The van der Waals surface area contributed by atoms with Crippen LogP contribution in [0.4, 0.5) is 4.79 Å². The topological polar surface area (TPSA) is 597 Å². The molecule has 0 radical (unpaired) electrons. The van der Waals surface area contributed by atoms with Crippen molar-refractivity contribution >= 4 is 112 Å². The molecule has 26 N–H and O–H groups in total. The maximum atomic E-state index is 15.2. The predicted molar refractivity (Wildman–Crippen MR) is 430 cm³/mol. The number of nitrogens with one attached hydrogen (secondary N) is 12. The molecular weight excluding hydrogens is 1510 g/mol. The predicted octanol–water partition coefficient (Wildman–Crippen LogP) is -3.33. The van der Waals surface area contributed by atoms with Gasteiger partial charge < -0.3 is 113 Å². The molecule has 626 valence electrons. The van der Waals surface area contributed by atoms with Crippen LogP contribution in [0.1, 0.15) is 119 Å². The van der Waals surface area contributed by atoms with Crippen molar-refractivity contribution < 1.29 is 72.5 Å². The van der Waals surface area contributed by atoms with E-state index in [9.17, 15) is 67.7 Å². The zero-order chi connectivity index (χ0) is 84.3. The van der Waals surface area contributed by atoms with Crippen LogP contribution >= 0.6 is 11.8 Å². The zero-order valence-corrected chi connectivity index (χ0v) is 66.2. The van der Waals surface area contributed by atoms with Gasteiger partial charge in [-0.2, -0.15) is 9.78 Å². The summed E-state index contributed by atoms with van der Waals surface area (Å²) in [5, 5.41) is 58.4. The molecule has 2 aromatic heterocycles. The van der Waals surface area contributed by atoms with Crippen LogP contribution in [0.5, 0.6) is 0 Å². The van der Waals surface area contributed by atoms with E-state index in [0.717, 1.165) is 4.68 Å². The largest absolute Gasteiger partial charge is 0.391 e. The van der Waals surface area contributed by atoms with E-state index in [1.165, 1.54) is 37.6 Å². The van der Waals surface area contributed by atoms with E-state index in [2.05, 4.69) is 68.8 Å². The van der Waals surface area contributed by atoms with Crippen molar-refractivity contribution in [3.8, 4) is 0 Å². The lowest BCUT2D eigenvalue weighted by molar-refractivity contribution is -0.136. The summed E-state index contributed by atoms with van der Waals surface area (Å²) in [6, 6.07) is 10.2. The lowest BCUT2D eigenvalue weighted by Gasteiger charge is -2.28. The van der Waals surface area contributed by atoms with Gasteiger partial charge in [0.2, 0.25) is 65.0 Å². The second kappa shape index (κ2) is 47.7. The van der Waals surface area contributed by atoms with Gasteiger partial charge in [-0.1, -0.05) is 80.6 Å². The highest BCUT2D eigenvalue weighted by Crippen LogP contribution is 2.34. The molecule has 3 heterocycles. The summed E-state index contributed by atoms with van der Waals surface area (Å²) in [5.41, 5.74) is 38.0. The number of carbonyl (C=O) groups excluding carboxylic acids is 13. The van der Waals surface area contributed by atoms with Crippen molar-refractivity contribution in [2.75, 3.05) is 66.0 Å². The number of hydrogen-bond donors (Lipinski definition) is 20. The van der Waals surface area contributed by atoms with Gasteiger partial charge >= 0.3 is 6.03 Å². The first kappa shape index (κ1) is 93.0. The number of hydrogen-bond acceptors (Lipinski definition) is 24. The van der Waals surface area contributed by atoms with Gasteiger partial charge in [-0.3, -0.25) is 62.5 Å². The number of unbranched alkanes of at least 4 members (excludes halogenated alkanes) is 1. The van der Waals surface area contributed by atoms with Crippen LogP contribution in [0.3, 0.4) is 0 Å². The summed E-state index contributed by atoms with van der Waals surface area (Å²) in [5.74, 6) is -10.8. The highest BCUT2D eigenvalue weighted by Gasteiger charge is 2.38. The van der Waals surface area contributed by atoms with Gasteiger partial charge in [0.1, 0.15) is 54.4 Å². The number of aliphatic hydroxyl groups excluding tert-OH is 2. The number of pyridine rings is 1. The van der Waals surface area contributed by atoms with E-state index in [1.807, 2.05) is 0 Å². The third-order valence-corrected chi connectivity index (χ3v) is 19.6. The minimum absolute atomic E-state index is 0.0164. The summed E-state index contributed by atoms with van der Waals surface area (Å²) in [4.78, 5) is 192. The molecule has 0 unspecified atom stereocenters. The van der Waals surface area contributed by atoms with Crippen molar-refractivity contribution in [2.24, 2.45) is 40.3 Å². The Labute approximate surface area is 671 Å². The first-order valence-corrected chi connectivity index (χ1v) is 39.2. The molecule has 6 rings (SSSR count). The van der Waals surface area contributed by atoms with Crippen molar-refractivity contribution in [1.29, 1.82) is 0 Å². The maximum Gasteiger partial charge on any atom is 0.345 e. The Bertz CT molecular complexity index is 4140. The molecule has 1 aliphatic heterocycles. The fourth-order valence-corrected chi connectivity index (χ4v) is 13.3. The Balaban J connectivity index is 1.30. The summed E-state index contributed by atoms with van der Waals surface area (Å²) < 4.78 is 1.13. The average Bonchev–Trinajstić information content (AvgIpc) is 1.63. The molecule has 0 bridgehead atoms.